The van der Waals surface area contributed by atoms with E-state index in [0.29, 0.717) is 12.1 Å². The van der Waals surface area contributed by atoms with Crippen LogP contribution in [0.1, 0.15) is 32.3 Å². The molecule has 0 radical (unpaired) electrons. The minimum atomic E-state index is -0.147. The monoisotopic (exact) mass is 250 g/mol. The molecule has 1 N–H and O–H groups in total. The Kier molecular flexibility index (Phi) is 4.23. The standard InChI is InChI=1S/C15H23FN2/c1-4-17-14-7-8-18(12(3)10-14)15-6-5-13(16)9-11(15)2/h5-6,9,12,14,17H,4,7-8,10H2,1-3H3. The van der Waals surface area contributed by atoms with E-state index in [9.17, 15) is 4.39 Å². The van der Waals surface area contributed by atoms with Crippen molar-refractivity contribution in [1.82, 2.24) is 5.32 Å². The van der Waals surface area contributed by atoms with Gasteiger partial charge >= 0.3 is 0 Å². The molecule has 0 amide bonds. The Labute approximate surface area is 109 Å². The van der Waals surface area contributed by atoms with Crippen LogP contribution in [0.4, 0.5) is 10.1 Å². The van der Waals surface area contributed by atoms with E-state index in [-0.39, 0.29) is 5.82 Å². The maximum Gasteiger partial charge on any atom is 0.123 e. The molecule has 0 bridgehead atoms. The van der Waals surface area contributed by atoms with Crippen LogP contribution in [0.25, 0.3) is 0 Å². The molecule has 2 atom stereocenters. The average molecular weight is 250 g/mol. The first kappa shape index (κ1) is 13.3. The number of rotatable bonds is 3. The quantitative estimate of drug-likeness (QED) is 0.886. The predicted octanol–water partition coefficient (Wildman–Crippen LogP) is 3.10. The van der Waals surface area contributed by atoms with Crippen molar-refractivity contribution in [2.24, 2.45) is 0 Å². The van der Waals surface area contributed by atoms with Crippen molar-refractivity contribution in [3.05, 3.63) is 29.6 Å². The molecular weight excluding hydrogens is 227 g/mol. The van der Waals surface area contributed by atoms with Gasteiger partial charge in [0.05, 0.1) is 0 Å². The third-order valence-corrected chi connectivity index (χ3v) is 3.84. The highest BCUT2D eigenvalue weighted by Crippen LogP contribution is 2.28. The summed E-state index contributed by atoms with van der Waals surface area (Å²) in [6.07, 6.45) is 2.32. The average Bonchev–Trinajstić information content (AvgIpc) is 2.31. The fourth-order valence-electron chi connectivity index (χ4n) is 2.95. The summed E-state index contributed by atoms with van der Waals surface area (Å²) in [4.78, 5) is 2.41. The van der Waals surface area contributed by atoms with E-state index in [1.165, 1.54) is 5.69 Å². The number of aryl methyl sites for hydroxylation is 1. The smallest absolute Gasteiger partial charge is 0.123 e. The molecule has 2 nitrogen and oxygen atoms in total. The fourth-order valence-corrected chi connectivity index (χ4v) is 2.95. The lowest BCUT2D eigenvalue weighted by molar-refractivity contribution is 0.373. The molecule has 1 aliphatic heterocycles. The second-order valence-electron chi connectivity index (χ2n) is 5.25. The van der Waals surface area contributed by atoms with Crippen molar-refractivity contribution in [2.45, 2.75) is 45.7 Å². The highest BCUT2D eigenvalue weighted by atomic mass is 19.1. The lowest BCUT2D eigenvalue weighted by Crippen LogP contribution is -2.47. The second-order valence-corrected chi connectivity index (χ2v) is 5.25. The molecule has 0 aromatic heterocycles. The molecule has 2 unspecified atom stereocenters. The molecule has 2 rings (SSSR count). The highest BCUT2D eigenvalue weighted by molar-refractivity contribution is 5.54. The van der Waals surface area contributed by atoms with Crippen LogP contribution in [0.5, 0.6) is 0 Å². The Morgan fingerprint density at radius 2 is 2.22 bits per heavy atom. The van der Waals surface area contributed by atoms with Crippen LogP contribution in [0, 0.1) is 12.7 Å². The van der Waals surface area contributed by atoms with Crippen LogP contribution >= 0.6 is 0 Å². The van der Waals surface area contributed by atoms with Gasteiger partial charge in [-0.1, -0.05) is 6.92 Å². The lowest BCUT2D eigenvalue weighted by Gasteiger charge is -2.40. The minimum Gasteiger partial charge on any atom is -0.368 e. The molecule has 1 heterocycles. The molecular formula is C15H23FN2. The molecule has 100 valence electrons. The number of nitrogens with one attached hydrogen (secondary N) is 1. The van der Waals surface area contributed by atoms with Crippen molar-refractivity contribution in [3.63, 3.8) is 0 Å². The Morgan fingerprint density at radius 1 is 1.44 bits per heavy atom. The minimum absolute atomic E-state index is 0.147. The summed E-state index contributed by atoms with van der Waals surface area (Å²) in [7, 11) is 0. The Hall–Kier alpha value is -1.09. The van der Waals surface area contributed by atoms with Crippen molar-refractivity contribution in [1.29, 1.82) is 0 Å². The molecule has 1 aromatic carbocycles. The summed E-state index contributed by atoms with van der Waals surface area (Å²) in [6, 6.07) is 6.23. The molecule has 0 saturated carbocycles. The van der Waals surface area contributed by atoms with E-state index in [1.54, 1.807) is 12.1 Å². The van der Waals surface area contributed by atoms with E-state index in [0.717, 1.165) is 31.5 Å². The number of hydrogen-bond donors (Lipinski definition) is 1. The van der Waals surface area contributed by atoms with Gasteiger partial charge in [-0.15, -0.1) is 0 Å². The number of piperidine rings is 1. The zero-order valence-corrected chi connectivity index (χ0v) is 11.5. The topological polar surface area (TPSA) is 15.3 Å². The normalized spacial score (nSPS) is 24.3. The first-order valence-corrected chi connectivity index (χ1v) is 6.88. The second kappa shape index (κ2) is 5.70. The van der Waals surface area contributed by atoms with Crippen molar-refractivity contribution in [3.8, 4) is 0 Å². The Bertz CT molecular complexity index is 405. The predicted molar refractivity (Wildman–Crippen MR) is 74.6 cm³/mol. The molecule has 3 heteroatoms. The van der Waals surface area contributed by atoms with E-state index in [4.69, 9.17) is 0 Å². The van der Waals surface area contributed by atoms with E-state index in [2.05, 4.69) is 24.1 Å². The molecule has 0 aliphatic carbocycles. The summed E-state index contributed by atoms with van der Waals surface area (Å²) < 4.78 is 13.1. The maximum atomic E-state index is 13.1. The summed E-state index contributed by atoms with van der Waals surface area (Å²) in [6.45, 7) is 8.48. The summed E-state index contributed by atoms with van der Waals surface area (Å²) in [5, 5.41) is 3.52. The summed E-state index contributed by atoms with van der Waals surface area (Å²) >= 11 is 0. The van der Waals surface area contributed by atoms with Gasteiger partial charge in [0.2, 0.25) is 0 Å². The van der Waals surface area contributed by atoms with E-state index in [1.807, 2.05) is 13.0 Å². The van der Waals surface area contributed by atoms with Crippen LogP contribution in [0.3, 0.4) is 0 Å². The zero-order valence-electron chi connectivity index (χ0n) is 11.5. The molecule has 0 spiro atoms. The Balaban J connectivity index is 2.10. The van der Waals surface area contributed by atoms with Gasteiger partial charge in [0.25, 0.3) is 0 Å². The van der Waals surface area contributed by atoms with Gasteiger partial charge in [-0.05, 0) is 57.0 Å². The lowest BCUT2D eigenvalue weighted by atomic mass is 9.96. The van der Waals surface area contributed by atoms with E-state index >= 15 is 0 Å². The fraction of sp³-hybridized carbons (Fsp3) is 0.600. The van der Waals surface area contributed by atoms with Gasteiger partial charge in [-0.3, -0.25) is 0 Å². The van der Waals surface area contributed by atoms with Crippen molar-refractivity contribution >= 4 is 5.69 Å². The van der Waals surface area contributed by atoms with Crippen LogP contribution in [-0.4, -0.2) is 25.2 Å². The molecule has 1 saturated heterocycles. The van der Waals surface area contributed by atoms with Crippen LogP contribution in [0.2, 0.25) is 0 Å². The molecule has 18 heavy (non-hydrogen) atoms. The van der Waals surface area contributed by atoms with Crippen LogP contribution < -0.4 is 10.2 Å². The third-order valence-electron chi connectivity index (χ3n) is 3.84. The number of halogens is 1. The summed E-state index contributed by atoms with van der Waals surface area (Å²) in [5.41, 5.74) is 2.21. The number of nitrogens with zero attached hydrogens (tertiary/aromatic N) is 1. The maximum absolute atomic E-state index is 13.1. The van der Waals surface area contributed by atoms with Gasteiger partial charge in [0.15, 0.2) is 0 Å². The van der Waals surface area contributed by atoms with Crippen LogP contribution in [-0.2, 0) is 0 Å². The van der Waals surface area contributed by atoms with Crippen molar-refractivity contribution in [2.75, 3.05) is 18.0 Å². The molecule has 1 aliphatic rings. The number of hydrogen-bond acceptors (Lipinski definition) is 2. The largest absolute Gasteiger partial charge is 0.368 e. The van der Waals surface area contributed by atoms with Gasteiger partial charge in [0, 0.05) is 24.3 Å². The molecule has 1 aromatic rings. The Morgan fingerprint density at radius 3 is 2.83 bits per heavy atom. The molecule has 1 fully saturated rings. The third kappa shape index (κ3) is 2.83. The number of benzene rings is 1. The zero-order chi connectivity index (χ0) is 13.1. The van der Waals surface area contributed by atoms with Gasteiger partial charge in [-0.25, -0.2) is 4.39 Å². The highest BCUT2D eigenvalue weighted by Gasteiger charge is 2.25. The van der Waals surface area contributed by atoms with E-state index < -0.39 is 0 Å². The van der Waals surface area contributed by atoms with Crippen molar-refractivity contribution < 1.29 is 4.39 Å². The van der Waals surface area contributed by atoms with Crippen LogP contribution in [0.15, 0.2) is 18.2 Å². The van der Waals surface area contributed by atoms with Gasteiger partial charge in [-0.2, -0.15) is 0 Å². The number of anilines is 1. The first-order chi connectivity index (χ1) is 8.61. The summed E-state index contributed by atoms with van der Waals surface area (Å²) in [5.74, 6) is -0.147. The van der Waals surface area contributed by atoms with Gasteiger partial charge in [0.1, 0.15) is 5.82 Å². The van der Waals surface area contributed by atoms with Gasteiger partial charge < -0.3 is 10.2 Å². The first-order valence-electron chi connectivity index (χ1n) is 6.88. The SMILES string of the molecule is CCNC1CCN(c2ccc(F)cc2C)C(C)C1.